The van der Waals surface area contributed by atoms with E-state index in [9.17, 15) is 9.90 Å². The molecule has 0 aliphatic carbocycles. The Morgan fingerprint density at radius 1 is 1.12 bits per heavy atom. The van der Waals surface area contributed by atoms with Crippen LogP contribution in [0.1, 0.15) is 28.8 Å². The van der Waals surface area contributed by atoms with Crippen LogP contribution in [0.4, 0.5) is 0 Å². The molecule has 4 aromatic rings. The lowest BCUT2D eigenvalue weighted by Gasteiger charge is -2.14. The van der Waals surface area contributed by atoms with Crippen molar-refractivity contribution in [2.45, 2.75) is 19.5 Å². The number of primary amides is 1. The second-order valence-electron chi connectivity index (χ2n) is 7.75. The van der Waals surface area contributed by atoms with E-state index in [1.807, 2.05) is 41.8 Å². The molecule has 0 bridgehead atoms. The number of nitrogens with zero attached hydrogens (tertiary/aromatic N) is 6. The number of aliphatic hydroxyl groups excluding tert-OH is 1. The molecule has 0 unspecified atom stereocenters. The van der Waals surface area contributed by atoms with Crippen molar-refractivity contribution in [3.8, 4) is 16.8 Å². The SMILES string of the molecule is Cc1nnc2n1-c1ccc(-c3cnn(CC(N)=O)c3)cc1C(c1ccc(Cl)cc1)=N[C@H]2CO. The van der Waals surface area contributed by atoms with Gasteiger partial charge in [0.05, 0.1) is 24.2 Å². The summed E-state index contributed by atoms with van der Waals surface area (Å²) in [6.07, 6.45) is 3.46. The minimum atomic E-state index is -0.578. The molecule has 2 aromatic heterocycles. The van der Waals surface area contributed by atoms with Gasteiger partial charge in [0.2, 0.25) is 5.91 Å². The van der Waals surface area contributed by atoms with Crippen molar-refractivity contribution in [3.05, 3.63) is 82.7 Å². The van der Waals surface area contributed by atoms with Gasteiger partial charge in [0.25, 0.3) is 0 Å². The third-order valence-corrected chi connectivity index (χ3v) is 5.75. The van der Waals surface area contributed by atoms with Crippen molar-refractivity contribution in [2.24, 2.45) is 10.7 Å². The number of aliphatic hydroxyl groups is 1. The molecule has 10 heteroatoms. The van der Waals surface area contributed by atoms with E-state index in [1.165, 1.54) is 4.68 Å². The highest BCUT2D eigenvalue weighted by Crippen LogP contribution is 2.33. The third-order valence-electron chi connectivity index (χ3n) is 5.50. The lowest BCUT2D eigenvalue weighted by molar-refractivity contribution is -0.118. The molecule has 3 heterocycles. The number of nitrogens with two attached hydrogens (primary N) is 1. The predicted octanol–water partition coefficient (Wildman–Crippen LogP) is 2.46. The fraction of sp³-hybridized carbons (Fsp3) is 0.174. The number of hydrogen-bond donors (Lipinski definition) is 2. The molecule has 166 valence electrons. The van der Waals surface area contributed by atoms with Crippen LogP contribution in [-0.2, 0) is 11.3 Å². The van der Waals surface area contributed by atoms with Crippen molar-refractivity contribution in [1.82, 2.24) is 24.5 Å². The Morgan fingerprint density at radius 2 is 1.88 bits per heavy atom. The monoisotopic (exact) mass is 461 g/mol. The number of carbonyl (C=O) groups is 1. The molecule has 0 spiro atoms. The van der Waals surface area contributed by atoms with Gasteiger partial charge < -0.3 is 10.8 Å². The van der Waals surface area contributed by atoms with Gasteiger partial charge in [0.15, 0.2) is 5.82 Å². The van der Waals surface area contributed by atoms with E-state index in [2.05, 4.69) is 15.3 Å². The van der Waals surface area contributed by atoms with Crippen molar-refractivity contribution in [1.29, 1.82) is 0 Å². The third kappa shape index (κ3) is 3.81. The van der Waals surface area contributed by atoms with E-state index in [1.54, 1.807) is 24.5 Å². The summed E-state index contributed by atoms with van der Waals surface area (Å²) in [6.45, 7) is 1.66. The number of carbonyl (C=O) groups excluding carboxylic acids is 1. The van der Waals surface area contributed by atoms with Crippen molar-refractivity contribution in [2.75, 3.05) is 6.61 Å². The molecule has 1 amide bonds. The summed E-state index contributed by atoms with van der Waals surface area (Å²) >= 11 is 6.11. The van der Waals surface area contributed by atoms with Gasteiger partial charge in [-0.25, -0.2) is 0 Å². The van der Waals surface area contributed by atoms with Crippen molar-refractivity contribution >= 4 is 23.2 Å². The lowest BCUT2D eigenvalue weighted by atomic mass is 9.96. The first-order valence-corrected chi connectivity index (χ1v) is 10.6. The average molecular weight is 462 g/mol. The molecule has 0 fully saturated rings. The molecule has 1 aliphatic heterocycles. The first-order valence-electron chi connectivity index (χ1n) is 10.3. The highest BCUT2D eigenvalue weighted by atomic mass is 35.5. The fourth-order valence-electron chi connectivity index (χ4n) is 3.99. The first-order chi connectivity index (χ1) is 15.9. The maximum absolute atomic E-state index is 11.3. The van der Waals surface area contributed by atoms with Crippen LogP contribution in [0.2, 0.25) is 5.02 Å². The van der Waals surface area contributed by atoms with Gasteiger partial charge in [0, 0.05) is 27.9 Å². The van der Waals surface area contributed by atoms with Gasteiger partial charge in [-0.05, 0) is 36.8 Å². The van der Waals surface area contributed by atoms with Crippen LogP contribution in [0.25, 0.3) is 16.8 Å². The van der Waals surface area contributed by atoms with E-state index in [4.69, 9.17) is 22.3 Å². The Morgan fingerprint density at radius 3 is 2.61 bits per heavy atom. The van der Waals surface area contributed by atoms with E-state index in [-0.39, 0.29) is 13.2 Å². The number of aryl methyl sites for hydroxylation is 1. The Hall–Kier alpha value is -3.82. The minimum Gasteiger partial charge on any atom is -0.394 e. The summed E-state index contributed by atoms with van der Waals surface area (Å²) in [6, 6.07) is 12.8. The summed E-state index contributed by atoms with van der Waals surface area (Å²) < 4.78 is 3.42. The minimum absolute atomic E-state index is 0.00383. The van der Waals surface area contributed by atoms with Crippen LogP contribution in [-0.4, -0.2) is 47.9 Å². The van der Waals surface area contributed by atoms with Crippen LogP contribution in [0.3, 0.4) is 0 Å². The molecule has 2 aromatic carbocycles. The zero-order valence-electron chi connectivity index (χ0n) is 17.7. The molecule has 1 aliphatic rings. The topological polar surface area (TPSA) is 124 Å². The lowest BCUT2D eigenvalue weighted by Crippen LogP contribution is -2.18. The average Bonchev–Trinajstić information content (AvgIpc) is 3.38. The molecule has 0 saturated heterocycles. The Labute approximate surface area is 194 Å². The first kappa shape index (κ1) is 21.0. The summed E-state index contributed by atoms with van der Waals surface area (Å²) in [4.78, 5) is 16.1. The van der Waals surface area contributed by atoms with E-state index in [0.29, 0.717) is 22.4 Å². The highest BCUT2D eigenvalue weighted by Gasteiger charge is 2.28. The number of amides is 1. The molecule has 5 rings (SSSR count). The number of rotatable bonds is 5. The van der Waals surface area contributed by atoms with Crippen molar-refractivity contribution in [3.63, 3.8) is 0 Å². The smallest absolute Gasteiger partial charge is 0.239 e. The predicted molar refractivity (Wildman–Crippen MR) is 123 cm³/mol. The molecule has 33 heavy (non-hydrogen) atoms. The number of fused-ring (bicyclic) bond motifs is 3. The van der Waals surface area contributed by atoms with E-state index < -0.39 is 11.9 Å². The maximum atomic E-state index is 11.3. The van der Waals surface area contributed by atoms with Crippen LogP contribution in [0.15, 0.2) is 59.9 Å². The molecule has 0 saturated carbocycles. The van der Waals surface area contributed by atoms with Gasteiger partial charge >= 0.3 is 0 Å². The molecule has 1 atom stereocenters. The number of aliphatic imine (C=N–C) groups is 1. The van der Waals surface area contributed by atoms with Gasteiger partial charge in [-0.3, -0.25) is 19.0 Å². The number of benzene rings is 2. The standard InChI is InChI=1S/C23H20ClN7O2/c1-13-28-29-23-19(12-32)27-22(14-2-5-17(24)6-3-14)18-8-15(4-7-20(18)31(13)23)16-9-26-30(10-16)11-21(25)33/h2-10,19,32H,11-12H2,1H3,(H2,25,33)/t19-/m0/s1. The van der Waals surface area contributed by atoms with Gasteiger partial charge in [-0.2, -0.15) is 5.10 Å². The van der Waals surface area contributed by atoms with E-state index >= 15 is 0 Å². The second kappa shape index (κ2) is 8.27. The Balaban J connectivity index is 1.72. The highest BCUT2D eigenvalue weighted by molar-refractivity contribution is 6.30. The van der Waals surface area contributed by atoms with Crippen LogP contribution in [0, 0.1) is 6.92 Å². The summed E-state index contributed by atoms with van der Waals surface area (Å²) in [5.41, 5.74) is 10.3. The van der Waals surface area contributed by atoms with Crippen LogP contribution >= 0.6 is 11.6 Å². The van der Waals surface area contributed by atoms with Gasteiger partial charge in [0.1, 0.15) is 18.4 Å². The molecule has 9 nitrogen and oxygen atoms in total. The number of halogens is 1. The van der Waals surface area contributed by atoms with Gasteiger partial charge in [-0.15, -0.1) is 10.2 Å². The van der Waals surface area contributed by atoms with Crippen LogP contribution in [0.5, 0.6) is 0 Å². The Bertz CT molecular complexity index is 1390. The maximum Gasteiger partial charge on any atom is 0.239 e. The molecular weight excluding hydrogens is 442 g/mol. The van der Waals surface area contributed by atoms with Gasteiger partial charge in [-0.1, -0.05) is 29.8 Å². The number of hydrogen-bond acceptors (Lipinski definition) is 6. The Kier molecular flexibility index (Phi) is 5.27. The zero-order chi connectivity index (χ0) is 23.1. The zero-order valence-corrected chi connectivity index (χ0v) is 18.4. The molecule has 3 N–H and O–H groups in total. The normalized spacial score (nSPS) is 14.9. The second-order valence-corrected chi connectivity index (χ2v) is 8.19. The van der Waals surface area contributed by atoms with Crippen molar-refractivity contribution < 1.29 is 9.90 Å². The summed E-state index contributed by atoms with van der Waals surface area (Å²) in [7, 11) is 0. The fourth-order valence-corrected chi connectivity index (χ4v) is 4.12. The quantitative estimate of drug-likeness (QED) is 0.472. The summed E-state index contributed by atoms with van der Waals surface area (Å²) in [5.74, 6) is 0.802. The summed E-state index contributed by atoms with van der Waals surface area (Å²) in [5, 5.41) is 23.5. The van der Waals surface area contributed by atoms with E-state index in [0.717, 1.165) is 27.9 Å². The molecular formula is C23H20ClN7O2. The molecule has 0 radical (unpaired) electrons. The van der Waals surface area contributed by atoms with Crippen LogP contribution < -0.4 is 5.73 Å². The number of aromatic nitrogens is 5. The largest absolute Gasteiger partial charge is 0.394 e.